The molecule has 0 aliphatic carbocycles. The molecule has 0 saturated carbocycles. The fraction of sp³-hybridized carbons (Fsp3) is 0.250. The minimum absolute atomic E-state index is 0.619. The van der Waals surface area contributed by atoms with Gasteiger partial charge in [0.15, 0.2) is 11.5 Å². The molecule has 0 aliphatic rings. The van der Waals surface area contributed by atoms with Gasteiger partial charge in [-0.1, -0.05) is 24.3 Å². The molecule has 0 atom stereocenters. The van der Waals surface area contributed by atoms with Crippen molar-refractivity contribution in [3.05, 3.63) is 54.1 Å². The van der Waals surface area contributed by atoms with Gasteiger partial charge in [-0.25, -0.2) is 0 Å². The summed E-state index contributed by atoms with van der Waals surface area (Å²) < 4.78 is 11.3. The summed E-state index contributed by atoms with van der Waals surface area (Å²) in [4.78, 5) is 0. The molecule has 2 aromatic carbocycles. The lowest BCUT2D eigenvalue weighted by Crippen LogP contribution is -2.03. The second-order valence-corrected chi connectivity index (χ2v) is 4.22. The molecule has 3 heteroatoms. The molecule has 2 N–H and O–H groups in total. The highest BCUT2D eigenvalue weighted by Crippen LogP contribution is 2.26. The van der Waals surface area contributed by atoms with Gasteiger partial charge in [-0.2, -0.15) is 0 Å². The first-order chi connectivity index (χ1) is 9.29. The van der Waals surface area contributed by atoms with Crippen molar-refractivity contribution in [2.75, 3.05) is 18.9 Å². The fourth-order valence-electron chi connectivity index (χ4n) is 1.81. The van der Waals surface area contributed by atoms with E-state index in [0.29, 0.717) is 13.2 Å². The molecular weight excluding hydrogens is 238 g/mol. The SMILES string of the molecule is CCOc1ccccc1OCCc1ccc(N)cc1. The lowest BCUT2D eigenvalue weighted by molar-refractivity contribution is 0.279. The second-order valence-electron chi connectivity index (χ2n) is 4.22. The number of hydrogen-bond donors (Lipinski definition) is 1. The molecule has 0 amide bonds. The molecular formula is C16H19NO2. The van der Waals surface area contributed by atoms with E-state index < -0.39 is 0 Å². The van der Waals surface area contributed by atoms with Crippen LogP contribution in [0.4, 0.5) is 5.69 Å². The molecule has 0 spiro atoms. The minimum Gasteiger partial charge on any atom is -0.490 e. The number of ether oxygens (including phenoxy) is 2. The van der Waals surface area contributed by atoms with Crippen LogP contribution in [0.2, 0.25) is 0 Å². The predicted molar refractivity (Wildman–Crippen MR) is 77.7 cm³/mol. The largest absolute Gasteiger partial charge is 0.490 e. The lowest BCUT2D eigenvalue weighted by Gasteiger charge is -2.11. The predicted octanol–water partition coefficient (Wildman–Crippen LogP) is 3.29. The van der Waals surface area contributed by atoms with Crippen LogP contribution in [-0.4, -0.2) is 13.2 Å². The van der Waals surface area contributed by atoms with E-state index in [1.165, 1.54) is 5.56 Å². The third kappa shape index (κ3) is 3.91. The molecule has 0 bridgehead atoms. The molecule has 2 aromatic rings. The average molecular weight is 257 g/mol. The smallest absolute Gasteiger partial charge is 0.161 e. The number of para-hydroxylation sites is 2. The Kier molecular flexibility index (Phi) is 4.67. The number of benzene rings is 2. The first-order valence-corrected chi connectivity index (χ1v) is 6.48. The Balaban J connectivity index is 1.90. The van der Waals surface area contributed by atoms with Crippen LogP contribution in [0.1, 0.15) is 12.5 Å². The van der Waals surface area contributed by atoms with E-state index in [1.807, 2.05) is 55.5 Å². The van der Waals surface area contributed by atoms with Crippen molar-refractivity contribution < 1.29 is 9.47 Å². The fourth-order valence-corrected chi connectivity index (χ4v) is 1.81. The van der Waals surface area contributed by atoms with Crippen LogP contribution in [-0.2, 0) is 6.42 Å². The molecule has 2 rings (SSSR count). The number of nitrogen functional groups attached to an aromatic ring is 1. The monoisotopic (exact) mass is 257 g/mol. The number of rotatable bonds is 6. The van der Waals surface area contributed by atoms with E-state index in [-0.39, 0.29) is 0 Å². The highest BCUT2D eigenvalue weighted by molar-refractivity contribution is 5.40. The van der Waals surface area contributed by atoms with Crippen molar-refractivity contribution >= 4 is 5.69 Å². The van der Waals surface area contributed by atoms with Gasteiger partial charge in [-0.15, -0.1) is 0 Å². The summed E-state index contributed by atoms with van der Waals surface area (Å²) in [6, 6.07) is 15.6. The molecule has 19 heavy (non-hydrogen) atoms. The number of hydrogen-bond acceptors (Lipinski definition) is 3. The average Bonchev–Trinajstić information content (AvgIpc) is 2.43. The van der Waals surface area contributed by atoms with Crippen molar-refractivity contribution in [3.63, 3.8) is 0 Å². The van der Waals surface area contributed by atoms with E-state index in [2.05, 4.69) is 0 Å². The number of nitrogens with two attached hydrogens (primary N) is 1. The Morgan fingerprint density at radius 2 is 1.53 bits per heavy atom. The maximum Gasteiger partial charge on any atom is 0.161 e. The van der Waals surface area contributed by atoms with Gasteiger partial charge >= 0.3 is 0 Å². The van der Waals surface area contributed by atoms with Gasteiger partial charge < -0.3 is 15.2 Å². The first kappa shape index (κ1) is 13.3. The molecule has 0 fully saturated rings. The maximum atomic E-state index is 5.77. The van der Waals surface area contributed by atoms with Gasteiger partial charge in [0.25, 0.3) is 0 Å². The van der Waals surface area contributed by atoms with Gasteiger partial charge in [0.1, 0.15) is 0 Å². The van der Waals surface area contributed by atoms with E-state index in [9.17, 15) is 0 Å². The molecule has 0 radical (unpaired) electrons. The first-order valence-electron chi connectivity index (χ1n) is 6.48. The molecule has 100 valence electrons. The third-order valence-corrected chi connectivity index (χ3v) is 2.78. The molecule has 0 saturated heterocycles. The summed E-state index contributed by atoms with van der Waals surface area (Å²) in [7, 11) is 0. The molecule has 3 nitrogen and oxygen atoms in total. The highest BCUT2D eigenvalue weighted by Gasteiger charge is 2.03. The molecule has 0 unspecified atom stereocenters. The highest BCUT2D eigenvalue weighted by atomic mass is 16.5. The third-order valence-electron chi connectivity index (χ3n) is 2.78. The Bertz CT molecular complexity index is 508. The maximum absolute atomic E-state index is 5.77. The summed E-state index contributed by atoms with van der Waals surface area (Å²) in [6.45, 7) is 3.22. The summed E-state index contributed by atoms with van der Waals surface area (Å²) in [5.41, 5.74) is 7.65. The van der Waals surface area contributed by atoms with Crippen molar-refractivity contribution in [3.8, 4) is 11.5 Å². The standard InChI is InChI=1S/C16H19NO2/c1-2-18-15-5-3-4-6-16(15)19-12-11-13-7-9-14(17)10-8-13/h3-10H,2,11-12,17H2,1H3. The molecule has 0 heterocycles. The van der Waals surface area contributed by atoms with E-state index >= 15 is 0 Å². The second kappa shape index (κ2) is 6.69. The zero-order chi connectivity index (χ0) is 13.5. The van der Waals surface area contributed by atoms with Crippen molar-refractivity contribution in [2.24, 2.45) is 0 Å². The summed E-state index contributed by atoms with van der Waals surface area (Å²) in [6.07, 6.45) is 0.848. The Hall–Kier alpha value is -2.16. The van der Waals surface area contributed by atoms with Gasteiger partial charge in [-0.05, 0) is 36.8 Å². The van der Waals surface area contributed by atoms with E-state index in [1.54, 1.807) is 0 Å². The zero-order valence-electron chi connectivity index (χ0n) is 11.1. The summed E-state index contributed by atoms with van der Waals surface area (Å²) in [5, 5.41) is 0. The molecule has 0 aliphatic heterocycles. The Morgan fingerprint density at radius 3 is 2.16 bits per heavy atom. The van der Waals surface area contributed by atoms with Gasteiger partial charge in [0.05, 0.1) is 13.2 Å². The van der Waals surface area contributed by atoms with Gasteiger partial charge in [-0.3, -0.25) is 0 Å². The Labute approximate surface area is 114 Å². The van der Waals surface area contributed by atoms with E-state index in [0.717, 1.165) is 23.6 Å². The normalized spacial score (nSPS) is 10.2. The molecule has 0 aromatic heterocycles. The van der Waals surface area contributed by atoms with Crippen LogP contribution in [0.15, 0.2) is 48.5 Å². The van der Waals surface area contributed by atoms with Crippen LogP contribution in [0.5, 0.6) is 11.5 Å². The van der Waals surface area contributed by atoms with Crippen molar-refractivity contribution in [1.29, 1.82) is 0 Å². The zero-order valence-corrected chi connectivity index (χ0v) is 11.1. The Morgan fingerprint density at radius 1 is 0.895 bits per heavy atom. The van der Waals surface area contributed by atoms with Gasteiger partial charge in [0, 0.05) is 12.1 Å². The quantitative estimate of drug-likeness (QED) is 0.808. The van der Waals surface area contributed by atoms with Crippen LogP contribution in [0.25, 0.3) is 0 Å². The number of anilines is 1. The van der Waals surface area contributed by atoms with Gasteiger partial charge in [0.2, 0.25) is 0 Å². The van der Waals surface area contributed by atoms with Crippen LogP contribution >= 0.6 is 0 Å². The summed E-state index contributed by atoms with van der Waals surface area (Å²) >= 11 is 0. The van der Waals surface area contributed by atoms with Crippen molar-refractivity contribution in [2.45, 2.75) is 13.3 Å². The van der Waals surface area contributed by atoms with E-state index in [4.69, 9.17) is 15.2 Å². The lowest BCUT2D eigenvalue weighted by atomic mass is 10.1. The minimum atomic E-state index is 0.619. The van der Waals surface area contributed by atoms with Crippen LogP contribution in [0, 0.1) is 0 Å². The topological polar surface area (TPSA) is 44.5 Å². The van der Waals surface area contributed by atoms with Crippen LogP contribution < -0.4 is 15.2 Å². The van der Waals surface area contributed by atoms with Crippen molar-refractivity contribution in [1.82, 2.24) is 0 Å². The summed E-state index contributed by atoms with van der Waals surface area (Å²) in [5.74, 6) is 1.59. The van der Waals surface area contributed by atoms with Crippen LogP contribution in [0.3, 0.4) is 0 Å².